The number of anilines is 1. The average Bonchev–Trinajstić information content (AvgIpc) is 3.62. The molecule has 2 heterocycles. The number of carbonyl (C=O) groups is 2. The summed E-state index contributed by atoms with van der Waals surface area (Å²) in [4.78, 5) is 28.7. The number of benzene rings is 4. The summed E-state index contributed by atoms with van der Waals surface area (Å²) < 4.78 is 11.6. The maximum atomic E-state index is 13.7. The fourth-order valence-corrected chi connectivity index (χ4v) is 7.29. The molecule has 1 aromatic heterocycles. The molecule has 1 aliphatic heterocycles. The number of thioether (sulfide) groups is 1. The maximum absolute atomic E-state index is 13.7. The van der Waals surface area contributed by atoms with Gasteiger partial charge in [-0.1, -0.05) is 89.3 Å². The molecular weight excluding hydrogens is 595 g/mol. The van der Waals surface area contributed by atoms with Crippen LogP contribution in [-0.4, -0.2) is 41.2 Å². The second-order valence-corrected chi connectivity index (χ2v) is 12.6. The number of ketones is 1. The van der Waals surface area contributed by atoms with E-state index in [0.717, 1.165) is 27.5 Å². The molecule has 1 aliphatic rings. The molecule has 1 saturated heterocycles. The van der Waals surface area contributed by atoms with E-state index >= 15 is 0 Å². The minimum Gasteiger partial charge on any atom is -0.507 e. The van der Waals surface area contributed by atoms with Gasteiger partial charge in [-0.3, -0.25) is 14.5 Å². The second-order valence-electron chi connectivity index (χ2n) is 10.4. The monoisotopic (exact) mass is 623 g/mol. The first-order valence-corrected chi connectivity index (χ1v) is 15.6. The highest BCUT2D eigenvalue weighted by atomic mass is 32.2. The first kappa shape index (κ1) is 29.4. The van der Waals surface area contributed by atoms with E-state index in [4.69, 9.17) is 9.47 Å². The van der Waals surface area contributed by atoms with E-state index < -0.39 is 17.7 Å². The van der Waals surface area contributed by atoms with Gasteiger partial charge in [0, 0.05) is 11.3 Å². The van der Waals surface area contributed by atoms with Crippen LogP contribution in [0.1, 0.15) is 33.9 Å². The molecule has 0 saturated carbocycles. The molecule has 0 spiro atoms. The van der Waals surface area contributed by atoms with Crippen LogP contribution in [0, 0.1) is 13.8 Å². The van der Waals surface area contributed by atoms with Gasteiger partial charge in [-0.2, -0.15) is 0 Å². The Labute approximate surface area is 263 Å². The molecule has 0 radical (unpaired) electrons. The van der Waals surface area contributed by atoms with Gasteiger partial charge >= 0.3 is 5.91 Å². The molecule has 10 heteroatoms. The minimum absolute atomic E-state index is 0.0314. The van der Waals surface area contributed by atoms with E-state index in [1.165, 1.54) is 42.2 Å². The topological polar surface area (TPSA) is 102 Å². The van der Waals surface area contributed by atoms with Crippen LogP contribution in [0.25, 0.3) is 16.5 Å². The average molecular weight is 624 g/mol. The van der Waals surface area contributed by atoms with Gasteiger partial charge in [0.25, 0.3) is 5.78 Å². The molecular formula is C34H29N3O5S2. The van der Waals surface area contributed by atoms with Crippen LogP contribution in [0.4, 0.5) is 5.13 Å². The summed E-state index contributed by atoms with van der Waals surface area (Å²) in [6.45, 7) is 3.75. The quantitative estimate of drug-likeness (QED) is 0.0635. The zero-order valence-electron chi connectivity index (χ0n) is 24.5. The molecule has 1 amide bonds. The second kappa shape index (κ2) is 12.1. The van der Waals surface area contributed by atoms with Gasteiger partial charge < -0.3 is 14.6 Å². The van der Waals surface area contributed by atoms with E-state index in [1.54, 1.807) is 24.3 Å². The molecule has 0 bridgehead atoms. The number of aryl methyl sites for hydroxylation is 2. The Morgan fingerprint density at radius 1 is 0.932 bits per heavy atom. The van der Waals surface area contributed by atoms with Crippen LogP contribution in [0.3, 0.4) is 0 Å². The highest BCUT2D eigenvalue weighted by Crippen LogP contribution is 2.46. The van der Waals surface area contributed by atoms with Crippen molar-refractivity contribution in [2.75, 3.05) is 19.1 Å². The molecule has 4 aromatic carbocycles. The largest absolute Gasteiger partial charge is 0.507 e. The molecule has 1 N–H and O–H groups in total. The standard InChI is InChI=1S/C34H29N3O5S2/c1-19-12-13-20(2)25(16-19)30(38)28-29(22-14-15-26(41-3)27(17-22)42-4)37(32(40)31(28)39)33-35-36-34(44-33)43-18-23-10-7-9-21-8-5-6-11-24(21)23/h5-17,29,38H,18H2,1-4H3. The van der Waals surface area contributed by atoms with Crippen LogP contribution in [0.15, 0.2) is 88.8 Å². The van der Waals surface area contributed by atoms with Crippen molar-refractivity contribution in [3.63, 3.8) is 0 Å². The van der Waals surface area contributed by atoms with Crippen LogP contribution < -0.4 is 14.4 Å². The Kier molecular flexibility index (Phi) is 8.11. The Morgan fingerprint density at radius 2 is 1.70 bits per heavy atom. The lowest BCUT2D eigenvalue weighted by Crippen LogP contribution is -2.29. The summed E-state index contributed by atoms with van der Waals surface area (Å²) in [6, 6.07) is 24.2. The number of rotatable bonds is 8. The van der Waals surface area contributed by atoms with Crippen molar-refractivity contribution in [1.29, 1.82) is 0 Å². The van der Waals surface area contributed by atoms with Gasteiger partial charge in [0.05, 0.1) is 25.8 Å². The summed E-state index contributed by atoms with van der Waals surface area (Å²) in [5.74, 6) is -0.277. The van der Waals surface area contributed by atoms with E-state index in [1.807, 2.05) is 44.2 Å². The van der Waals surface area contributed by atoms with Gasteiger partial charge in [-0.05, 0) is 59.5 Å². The van der Waals surface area contributed by atoms with Crippen LogP contribution in [-0.2, 0) is 15.3 Å². The van der Waals surface area contributed by atoms with Crippen molar-refractivity contribution < 1.29 is 24.2 Å². The lowest BCUT2D eigenvalue weighted by molar-refractivity contribution is -0.132. The van der Waals surface area contributed by atoms with E-state index in [-0.39, 0.29) is 16.5 Å². The van der Waals surface area contributed by atoms with Crippen molar-refractivity contribution in [1.82, 2.24) is 10.2 Å². The molecule has 1 unspecified atom stereocenters. The van der Waals surface area contributed by atoms with Gasteiger partial charge in [0.15, 0.2) is 15.8 Å². The van der Waals surface area contributed by atoms with Gasteiger partial charge in [0.2, 0.25) is 5.13 Å². The Balaban J connectivity index is 1.42. The zero-order chi connectivity index (χ0) is 31.0. The maximum Gasteiger partial charge on any atom is 0.301 e. The van der Waals surface area contributed by atoms with Crippen LogP contribution >= 0.6 is 23.1 Å². The number of aliphatic hydroxyl groups excluding tert-OH is 1. The number of Topliss-reactive ketones (excluding diaryl/α,β-unsaturated/α-hetero) is 1. The fourth-order valence-electron chi connectivity index (χ4n) is 5.42. The smallest absolute Gasteiger partial charge is 0.301 e. The molecule has 8 nitrogen and oxygen atoms in total. The molecule has 44 heavy (non-hydrogen) atoms. The van der Waals surface area contributed by atoms with Gasteiger partial charge in [-0.15, -0.1) is 10.2 Å². The first-order chi connectivity index (χ1) is 21.3. The van der Waals surface area contributed by atoms with Crippen LogP contribution in [0.2, 0.25) is 0 Å². The highest BCUT2D eigenvalue weighted by molar-refractivity contribution is 8.00. The van der Waals surface area contributed by atoms with Gasteiger partial charge in [-0.25, -0.2) is 0 Å². The fraction of sp³-hybridized carbons (Fsp3) is 0.176. The van der Waals surface area contributed by atoms with Crippen molar-refractivity contribution in [2.24, 2.45) is 0 Å². The third-order valence-corrected chi connectivity index (χ3v) is 9.75. The zero-order valence-corrected chi connectivity index (χ0v) is 26.2. The number of methoxy groups -OCH3 is 2. The predicted molar refractivity (Wildman–Crippen MR) is 174 cm³/mol. The third kappa shape index (κ3) is 5.31. The molecule has 222 valence electrons. The SMILES string of the molecule is COc1ccc(C2C(=C(O)c3cc(C)ccc3C)C(=O)C(=O)N2c2nnc(SCc3cccc4ccccc34)s2)cc1OC. The summed E-state index contributed by atoms with van der Waals surface area (Å²) in [5, 5.41) is 22.9. The van der Waals surface area contributed by atoms with Crippen molar-refractivity contribution in [3.05, 3.63) is 112 Å². The normalized spacial score (nSPS) is 16.1. The first-order valence-electron chi connectivity index (χ1n) is 13.8. The van der Waals surface area contributed by atoms with Crippen molar-refractivity contribution in [2.45, 2.75) is 30.0 Å². The number of ether oxygens (including phenoxy) is 2. The van der Waals surface area contributed by atoms with Crippen molar-refractivity contribution in [3.8, 4) is 11.5 Å². The number of hydrogen-bond donors (Lipinski definition) is 1. The Hall–Kier alpha value is -4.67. The summed E-state index contributed by atoms with van der Waals surface area (Å²) in [5.41, 5.74) is 3.84. The van der Waals surface area contributed by atoms with E-state index in [2.05, 4.69) is 34.5 Å². The summed E-state index contributed by atoms with van der Waals surface area (Å²) in [7, 11) is 3.04. The number of aliphatic hydroxyl groups is 1. The molecule has 0 aliphatic carbocycles. The Morgan fingerprint density at radius 3 is 2.50 bits per heavy atom. The molecule has 1 fully saturated rings. The van der Waals surface area contributed by atoms with E-state index in [0.29, 0.717) is 32.7 Å². The molecule has 5 aromatic rings. The summed E-state index contributed by atoms with van der Waals surface area (Å²) in [6.07, 6.45) is 0. The molecule has 1 atom stereocenters. The van der Waals surface area contributed by atoms with Gasteiger partial charge in [0.1, 0.15) is 5.76 Å². The number of hydrogen-bond acceptors (Lipinski definition) is 9. The minimum atomic E-state index is -0.974. The number of carbonyl (C=O) groups excluding carboxylic acids is 2. The Bertz CT molecular complexity index is 1950. The third-order valence-electron chi connectivity index (χ3n) is 7.65. The highest BCUT2D eigenvalue weighted by Gasteiger charge is 2.48. The number of aromatic nitrogens is 2. The number of fused-ring (bicyclic) bond motifs is 1. The summed E-state index contributed by atoms with van der Waals surface area (Å²) >= 11 is 2.73. The number of nitrogens with zero attached hydrogens (tertiary/aromatic N) is 3. The van der Waals surface area contributed by atoms with Crippen LogP contribution in [0.5, 0.6) is 11.5 Å². The lowest BCUT2D eigenvalue weighted by atomic mass is 9.93. The van der Waals surface area contributed by atoms with Crippen molar-refractivity contribution >= 4 is 56.5 Å². The molecule has 6 rings (SSSR count). The van der Waals surface area contributed by atoms with E-state index in [9.17, 15) is 14.7 Å². The predicted octanol–water partition coefficient (Wildman–Crippen LogP) is 7.24. The number of amides is 1. The lowest BCUT2D eigenvalue weighted by Gasteiger charge is -2.23.